The summed E-state index contributed by atoms with van der Waals surface area (Å²) in [5, 5.41) is 3.26. The van der Waals surface area contributed by atoms with Crippen molar-refractivity contribution in [3.8, 4) is 16.9 Å². The third-order valence-electron chi connectivity index (χ3n) is 9.23. The van der Waals surface area contributed by atoms with Gasteiger partial charge in [-0.2, -0.15) is 0 Å². The molecule has 3 aliphatic rings. The number of ether oxygens (including phenoxy) is 2. The fourth-order valence-corrected chi connectivity index (χ4v) is 6.37. The van der Waals surface area contributed by atoms with Crippen LogP contribution >= 0.6 is 0 Å². The monoisotopic (exact) mass is 610 g/mol. The molecular weight excluding hydrogens is 568 g/mol. The number of hydrogen-bond acceptors (Lipinski definition) is 6. The second kappa shape index (κ2) is 13.4. The van der Waals surface area contributed by atoms with Crippen molar-refractivity contribution in [2.45, 2.75) is 45.7 Å². The highest BCUT2D eigenvalue weighted by Crippen LogP contribution is 2.36. The summed E-state index contributed by atoms with van der Waals surface area (Å²) in [6.07, 6.45) is 2.12. The molecule has 45 heavy (non-hydrogen) atoms. The van der Waals surface area contributed by atoms with E-state index < -0.39 is 6.04 Å². The molecule has 2 fully saturated rings. The number of morpholine rings is 1. The van der Waals surface area contributed by atoms with E-state index >= 15 is 0 Å². The third kappa shape index (κ3) is 6.74. The lowest BCUT2D eigenvalue weighted by atomic mass is 9.98. The molecule has 3 aliphatic heterocycles. The molecule has 0 saturated carbocycles. The van der Waals surface area contributed by atoms with Crippen LogP contribution in [0.2, 0.25) is 0 Å². The highest BCUT2D eigenvalue weighted by atomic mass is 16.5. The molecule has 0 radical (unpaired) electrons. The Morgan fingerprint density at radius 3 is 2.33 bits per heavy atom. The highest BCUT2D eigenvalue weighted by Gasteiger charge is 2.34. The van der Waals surface area contributed by atoms with Crippen molar-refractivity contribution in [3.63, 3.8) is 0 Å². The van der Waals surface area contributed by atoms with Gasteiger partial charge in [0.25, 0.3) is 11.8 Å². The molecule has 2 unspecified atom stereocenters. The lowest BCUT2D eigenvalue weighted by Gasteiger charge is -2.35. The summed E-state index contributed by atoms with van der Waals surface area (Å²) >= 11 is 0. The molecule has 3 heterocycles. The van der Waals surface area contributed by atoms with Crippen LogP contribution in [-0.2, 0) is 14.3 Å². The first-order chi connectivity index (χ1) is 21.8. The number of nitrogens with zero attached hydrogens (tertiary/aromatic N) is 3. The van der Waals surface area contributed by atoms with Crippen LogP contribution in [0, 0.1) is 13.8 Å². The number of hydrogen-bond donors (Lipinski definition) is 1. The number of nitrogens with one attached hydrogen (secondary N) is 1. The predicted molar refractivity (Wildman–Crippen MR) is 174 cm³/mol. The molecular formula is C36H42N4O5. The van der Waals surface area contributed by atoms with E-state index in [1.54, 1.807) is 11.8 Å². The first-order valence-corrected chi connectivity index (χ1v) is 15.9. The SMILES string of the molecule is Cc1cc2c(cc1C)N(C(C)C(=O)NC(CN1CCOCC1)c1ccc(-c3cccc(C(=O)N4CCCC4)c3)cc1)C(=O)CO2. The van der Waals surface area contributed by atoms with Crippen LogP contribution in [-0.4, -0.2) is 86.1 Å². The number of carbonyl (C=O) groups excluding carboxylic acids is 3. The molecule has 0 spiro atoms. The Balaban J connectivity index is 1.22. The van der Waals surface area contributed by atoms with Gasteiger partial charge in [0.05, 0.1) is 24.9 Å². The first-order valence-electron chi connectivity index (χ1n) is 15.9. The van der Waals surface area contributed by atoms with E-state index in [4.69, 9.17) is 9.47 Å². The van der Waals surface area contributed by atoms with E-state index in [1.165, 1.54) is 0 Å². The van der Waals surface area contributed by atoms with Crippen LogP contribution in [0.25, 0.3) is 11.1 Å². The predicted octanol–water partition coefficient (Wildman–Crippen LogP) is 4.51. The largest absolute Gasteiger partial charge is 0.482 e. The van der Waals surface area contributed by atoms with E-state index in [9.17, 15) is 14.4 Å². The Hall–Kier alpha value is -4.21. The van der Waals surface area contributed by atoms with Gasteiger partial charge in [-0.05, 0) is 85.7 Å². The van der Waals surface area contributed by atoms with Crippen molar-refractivity contribution in [1.29, 1.82) is 0 Å². The Morgan fingerprint density at radius 2 is 1.60 bits per heavy atom. The molecule has 236 valence electrons. The molecule has 1 N–H and O–H groups in total. The summed E-state index contributed by atoms with van der Waals surface area (Å²) in [5.74, 6) is 0.224. The maximum Gasteiger partial charge on any atom is 0.265 e. The van der Waals surface area contributed by atoms with E-state index in [0.717, 1.165) is 66.8 Å². The normalized spacial score (nSPS) is 18.2. The molecule has 3 aromatic rings. The number of fused-ring (bicyclic) bond motifs is 1. The number of aryl methyl sites for hydroxylation is 2. The van der Waals surface area contributed by atoms with Crippen LogP contribution in [0.4, 0.5) is 5.69 Å². The molecule has 9 heteroatoms. The van der Waals surface area contributed by atoms with E-state index in [2.05, 4.69) is 10.2 Å². The summed E-state index contributed by atoms with van der Waals surface area (Å²) < 4.78 is 11.3. The molecule has 0 aromatic heterocycles. The van der Waals surface area contributed by atoms with Crippen molar-refractivity contribution in [2.75, 3.05) is 57.4 Å². The van der Waals surface area contributed by atoms with Crippen LogP contribution in [0.3, 0.4) is 0 Å². The maximum atomic E-state index is 13.8. The van der Waals surface area contributed by atoms with Crippen LogP contribution in [0.5, 0.6) is 5.75 Å². The quantitative estimate of drug-likeness (QED) is 0.404. The molecule has 0 bridgehead atoms. The van der Waals surface area contributed by atoms with Crippen molar-refractivity contribution >= 4 is 23.4 Å². The Kier molecular flexibility index (Phi) is 9.19. The Morgan fingerprint density at radius 1 is 0.889 bits per heavy atom. The van der Waals surface area contributed by atoms with Gasteiger partial charge in [-0.3, -0.25) is 24.2 Å². The number of amides is 3. The minimum absolute atomic E-state index is 0.0834. The number of rotatable bonds is 8. The molecule has 6 rings (SSSR count). The van der Waals surface area contributed by atoms with Crippen molar-refractivity contribution in [2.24, 2.45) is 0 Å². The second-order valence-electron chi connectivity index (χ2n) is 12.3. The average molecular weight is 611 g/mol. The van der Waals surface area contributed by atoms with E-state index in [-0.39, 0.29) is 30.4 Å². The Bertz CT molecular complexity index is 1560. The summed E-state index contributed by atoms with van der Waals surface area (Å²) in [6, 6.07) is 18.8. The average Bonchev–Trinajstić information content (AvgIpc) is 3.61. The van der Waals surface area contributed by atoms with Crippen molar-refractivity contribution < 1.29 is 23.9 Å². The lowest BCUT2D eigenvalue weighted by molar-refractivity contribution is -0.128. The van der Waals surface area contributed by atoms with Gasteiger partial charge in [0.1, 0.15) is 11.8 Å². The number of likely N-dealkylation sites (tertiary alicyclic amines) is 1. The lowest BCUT2D eigenvalue weighted by Crippen LogP contribution is -2.53. The van der Waals surface area contributed by atoms with Gasteiger partial charge in [-0.15, -0.1) is 0 Å². The zero-order valence-electron chi connectivity index (χ0n) is 26.4. The fourth-order valence-electron chi connectivity index (χ4n) is 6.37. The van der Waals surface area contributed by atoms with Crippen LogP contribution in [0.15, 0.2) is 60.7 Å². The van der Waals surface area contributed by atoms with Gasteiger partial charge < -0.3 is 19.7 Å². The number of anilines is 1. The van der Waals surface area contributed by atoms with E-state index in [0.29, 0.717) is 36.8 Å². The van der Waals surface area contributed by atoms with Gasteiger partial charge in [0, 0.05) is 38.3 Å². The van der Waals surface area contributed by atoms with E-state index in [1.807, 2.05) is 79.4 Å². The maximum absolute atomic E-state index is 13.8. The zero-order chi connectivity index (χ0) is 31.5. The summed E-state index contributed by atoms with van der Waals surface area (Å²) in [7, 11) is 0. The van der Waals surface area contributed by atoms with Gasteiger partial charge in [-0.1, -0.05) is 36.4 Å². The molecule has 2 saturated heterocycles. The van der Waals surface area contributed by atoms with Gasteiger partial charge in [0.15, 0.2) is 6.61 Å². The smallest absolute Gasteiger partial charge is 0.265 e. The van der Waals surface area contributed by atoms with Gasteiger partial charge in [-0.25, -0.2) is 0 Å². The number of benzene rings is 3. The Labute approximate surface area is 265 Å². The first kappa shape index (κ1) is 30.8. The third-order valence-corrected chi connectivity index (χ3v) is 9.23. The van der Waals surface area contributed by atoms with Gasteiger partial charge in [0.2, 0.25) is 5.91 Å². The topological polar surface area (TPSA) is 91.4 Å². The second-order valence-corrected chi connectivity index (χ2v) is 12.3. The minimum Gasteiger partial charge on any atom is -0.482 e. The van der Waals surface area contributed by atoms with Crippen LogP contribution in [0.1, 0.15) is 52.9 Å². The fraction of sp³-hybridized carbons (Fsp3) is 0.417. The van der Waals surface area contributed by atoms with Crippen LogP contribution < -0.4 is 15.0 Å². The minimum atomic E-state index is -0.732. The highest BCUT2D eigenvalue weighted by molar-refractivity contribution is 6.04. The van der Waals surface area contributed by atoms with Gasteiger partial charge >= 0.3 is 0 Å². The standard InChI is InChI=1S/C36H42N4O5/c1-24-19-32-33(20-25(24)2)45-23-34(41)40(32)26(3)35(42)37-31(22-38-15-17-44-18-16-38)28-11-9-27(10-12-28)29-7-6-8-30(21-29)36(43)39-13-4-5-14-39/h6-12,19-21,26,31H,4-5,13-18,22-23H2,1-3H3,(H,37,42). The van der Waals surface area contributed by atoms with Crippen molar-refractivity contribution in [3.05, 3.63) is 82.9 Å². The summed E-state index contributed by atoms with van der Waals surface area (Å²) in [5.41, 5.74) is 6.37. The number of carbonyl (C=O) groups is 3. The molecule has 2 atom stereocenters. The molecule has 9 nitrogen and oxygen atoms in total. The zero-order valence-corrected chi connectivity index (χ0v) is 26.4. The summed E-state index contributed by atoms with van der Waals surface area (Å²) in [4.78, 5) is 45.7. The molecule has 3 amide bonds. The van der Waals surface area contributed by atoms with Crippen molar-refractivity contribution in [1.82, 2.24) is 15.1 Å². The molecule has 3 aromatic carbocycles. The summed E-state index contributed by atoms with van der Waals surface area (Å²) in [6.45, 7) is 10.8. The molecule has 0 aliphatic carbocycles.